The highest BCUT2D eigenvalue weighted by Gasteiger charge is 2.33. The van der Waals surface area contributed by atoms with Crippen LogP contribution in [0.4, 0.5) is 14.9 Å². The van der Waals surface area contributed by atoms with Crippen LogP contribution in [0.2, 0.25) is 0 Å². The van der Waals surface area contributed by atoms with Crippen LogP contribution in [-0.4, -0.2) is 50.9 Å². The zero-order valence-corrected chi connectivity index (χ0v) is 13.4. The highest BCUT2D eigenvalue weighted by Crippen LogP contribution is 2.28. The van der Waals surface area contributed by atoms with Crippen molar-refractivity contribution in [3.63, 3.8) is 0 Å². The van der Waals surface area contributed by atoms with Crippen molar-refractivity contribution in [2.24, 2.45) is 0 Å². The summed E-state index contributed by atoms with van der Waals surface area (Å²) in [6.07, 6.45) is -1.33. The lowest BCUT2D eigenvalue weighted by Gasteiger charge is -2.25. The second-order valence-corrected chi connectivity index (χ2v) is 5.82. The van der Waals surface area contributed by atoms with Crippen LogP contribution in [0.25, 0.3) is 0 Å². The minimum Gasteiger partial charge on any atom is -0.442 e. The summed E-state index contributed by atoms with van der Waals surface area (Å²) in [5.74, 6) is -0.611. The minimum atomic E-state index is -0.548. The molecule has 7 nitrogen and oxygen atoms in total. The fourth-order valence-corrected chi connectivity index (χ4v) is 2.81. The van der Waals surface area contributed by atoms with Gasteiger partial charge in [-0.15, -0.1) is 0 Å². The zero-order chi connectivity index (χ0) is 17.1. The Bertz CT molecular complexity index is 634. The van der Waals surface area contributed by atoms with Gasteiger partial charge in [0.1, 0.15) is 11.9 Å². The predicted molar refractivity (Wildman–Crippen MR) is 84.3 cm³/mol. The number of carbonyl (C=O) groups is 2. The highest BCUT2D eigenvalue weighted by atomic mass is 19.1. The van der Waals surface area contributed by atoms with E-state index in [1.807, 2.05) is 0 Å². The smallest absolute Gasteiger partial charge is 0.414 e. The maximum absolute atomic E-state index is 14.4. The number of hydrogen-bond acceptors (Lipinski definition) is 5. The number of anilines is 1. The summed E-state index contributed by atoms with van der Waals surface area (Å²) in [6.45, 7) is 3.74. The molecule has 0 radical (unpaired) electrons. The Labute approximate surface area is 139 Å². The molecule has 0 aromatic heterocycles. The monoisotopic (exact) mass is 337 g/mol. The Morgan fingerprint density at radius 1 is 1.50 bits per heavy atom. The molecule has 2 fully saturated rings. The molecule has 130 valence electrons. The summed E-state index contributed by atoms with van der Waals surface area (Å²) < 4.78 is 25.2. The molecule has 2 aliphatic rings. The average molecular weight is 337 g/mol. The Morgan fingerprint density at radius 3 is 3.00 bits per heavy atom. The van der Waals surface area contributed by atoms with Crippen LogP contribution < -0.4 is 15.5 Å². The Hall–Kier alpha value is -2.19. The molecule has 0 bridgehead atoms. The van der Waals surface area contributed by atoms with Crippen molar-refractivity contribution in [3.8, 4) is 0 Å². The topological polar surface area (TPSA) is 79.9 Å². The Balaban J connectivity index is 1.69. The average Bonchev–Trinajstić information content (AvgIpc) is 2.94. The van der Waals surface area contributed by atoms with Gasteiger partial charge in [0, 0.05) is 25.6 Å². The van der Waals surface area contributed by atoms with E-state index in [4.69, 9.17) is 9.47 Å². The van der Waals surface area contributed by atoms with E-state index in [0.29, 0.717) is 24.4 Å². The van der Waals surface area contributed by atoms with Crippen LogP contribution in [-0.2, 0) is 14.3 Å². The molecule has 1 unspecified atom stereocenters. The summed E-state index contributed by atoms with van der Waals surface area (Å²) in [6, 6.07) is 4.63. The zero-order valence-electron chi connectivity index (χ0n) is 13.4. The number of rotatable bonds is 4. The molecule has 1 aromatic carbocycles. The third-order valence-corrected chi connectivity index (χ3v) is 4.02. The molecule has 0 spiro atoms. The van der Waals surface area contributed by atoms with Gasteiger partial charge in [-0.3, -0.25) is 9.69 Å². The summed E-state index contributed by atoms with van der Waals surface area (Å²) in [4.78, 5) is 24.3. The van der Waals surface area contributed by atoms with Crippen molar-refractivity contribution in [3.05, 3.63) is 29.6 Å². The molecule has 2 amide bonds. The van der Waals surface area contributed by atoms with Gasteiger partial charge in [0.15, 0.2) is 0 Å². The predicted octanol–water partition coefficient (Wildman–Crippen LogP) is 0.948. The molecular weight excluding hydrogens is 317 g/mol. The van der Waals surface area contributed by atoms with Crippen molar-refractivity contribution in [1.29, 1.82) is 0 Å². The standard InChI is InChI=1S/C16H20FN3O4/c1-10(21)19-7-12-9-20(16(22)24-12)11-2-3-13(14(17)6-11)15-8-18-4-5-23-15/h2-3,6,12,15,18H,4-5,7-9H2,1H3,(H,19,21)/t12-,15?/m0/s1. The Kier molecular flexibility index (Phi) is 4.96. The maximum atomic E-state index is 14.4. The van der Waals surface area contributed by atoms with E-state index in [0.717, 1.165) is 6.54 Å². The van der Waals surface area contributed by atoms with Crippen LogP contribution in [0, 0.1) is 5.82 Å². The first-order chi connectivity index (χ1) is 11.5. The largest absolute Gasteiger partial charge is 0.442 e. The van der Waals surface area contributed by atoms with E-state index in [9.17, 15) is 14.0 Å². The number of halogens is 1. The summed E-state index contributed by atoms with van der Waals surface area (Å²) >= 11 is 0. The number of ether oxygens (including phenoxy) is 2. The molecule has 8 heteroatoms. The molecule has 2 N–H and O–H groups in total. The van der Waals surface area contributed by atoms with Crippen LogP contribution in [0.1, 0.15) is 18.6 Å². The van der Waals surface area contributed by atoms with E-state index in [-0.39, 0.29) is 25.1 Å². The Morgan fingerprint density at radius 2 is 2.33 bits per heavy atom. The lowest BCUT2D eigenvalue weighted by Crippen LogP contribution is -2.34. The maximum Gasteiger partial charge on any atom is 0.414 e. The van der Waals surface area contributed by atoms with Gasteiger partial charge in [0.2, 0.25) is 5.91 Å². The fourth-order valence-electron chi connectivity index (χ4n) is 2.81. The van der Waals surface area contributed by atoms with Crippen molar-refractivity contribution in [2.75, 3.05) is 37.7 Å². The second kappa shape index (κ2) is 7.14. The van der Waals surface area contributed by atoms with Crippen LogP contribution in [0.5, 0.6) is 0 Å². The van der Waals surface area contributed by atoms with Gasteiger partial charge >= 0.3 is 6.09 Å². The van der Waals surface area contributed by atoms with Crippen molar-refractivity contribution in [1.82, 2.24) is 10.6 Å². The van der Waals surface area contributed by atoms with Gasteiger partial charge in [0.05, 0.1) is 31.5 Å². The van der Waals surface area contributed by atoms with E-state index in [1.165, 1.54) is 17.9 Å². The van der Waals surface area contributed by atoms with Crippen molar-refractivity contribution >= 4 is 17.7 Å². The third kappa shape index (κ3) is 3.65. The quantitative estimate of drug-likeness (QED) is 0.855. The van der Waals surface area contributed by atoms with Crippen molar-refractivity contribution < 1.29 is 23.5 Å². The fraction of sp³-hybridized carbons (Fsp3) is 0.500. The number of nitrogens with one attached hydrogen (secondary N) is 2. The van der Waals surface area contributed by atoms with Crippen LogP contribution >= 0.6 is 0 Å². The lowest BCUT2D eigenvalue weighted by atomic mass is 10.1. The third-order valence-electron chi connectivity index (χ3n) is 4.02. The van der Waals surface area contributed by atoms with Gasteiger partial charge in [-0.1, -0.05) is 6.07 Å². The minimum absolute atomic E-state index is 0.194. The number of nitrogens with zero attached hydrogens (tertiary/aromatic N) is 1. The van der Waals surface area contributed by atoms with Gasteiger partial charge in [-0.25, -0.2) is 9.18 Å². The number of carbonyl (C=O) groups excluding carboxylic acids is 2. The van der Waals surface area contributed by atoms with Gasteiger partial charge in [-0.05, 0) is 12.1 Å². The lowest BCUT2D eigenvalue weighted by molar-refractivity contribution is -0.119. The molecule has 24 heavy (non-hydrogen) atoms. The molecule has 2 atom stereocenters. The first-order valence-electron chi connectivity index (χ1n) is 7.89. The second-order valence-electron chi connectivity index (χ2n) is 5.82. The number of cyclic esters (lactones) is 1. The number of hydrogen-bond donors (Lipinski definition) is 2. The molecule has 0 saturated carbocycles. The van der Waals surface area contributed by atoms with E-state index in [1.54, 1.807) is 12.1 Å². The highest BCUT2D eigenvalue weighted by molar-refractivity contribution is 5.89. The molecule has 2 saturated heterocycles. The summed E-state index contributed by atoms with van der Waals surface area (Å²) in [5.41, 5.74) is 0.892. The molecule has 0 aliphatic carbocycles. The molecule has 2 aliphatic heterocycles. The molecule has 2 heterocycles. The summed E-state index contributed by atoms with van der Waals surface area (Å²) in [5, 5.41) is 5.76. The van der Waals surface area contributed by atoms with E-state index < -0.39 is 18.0 Å². The van der Waals surface area contributed by atoms with Gasteiger partial charge in [0.25, 0.3) is 0 Å². The number of morpholine rings is 1. The normalized spacial score (nSPS) is 23.9. The van der Waals surface area contributed by atoms with E-state index in [2.05, 4.69) is 10.6 Å². The molecular formula is C16H20FN3O4. The first kappa shape index (κ1) is 16.7. The number of amides is 2. The summed E-state index contributed by atoms with van der Waals surface area (Å²) in [7, 11) is 0. The van der Waals surface area contributed by atoms with Crippen LogP contribution in [0.15, 0.2) is 18.2 Å². The van der Waals surface area contributed by atoms with Crippen molar-refractivity contribution in [2.45, 2.75) is 19.1 Å². The van der Waals surface area contributed by atoms with E-state index >= 15 is 0 Å². The first-order valence-corrected chi connectivity index (χ1v) is 7.89. The number of benzene rings is 1. The molecule has 3 rings (SSSR count). The van der Waals surface area contributed by atoms with Gasteiger partial charge in [-0.2, -0.15) is 0 Å². The molecule has 1 aromatic rings. The van der Waals surface area contributed by atoms with Gasteiger partial charge < -0.3 is 20.1 Å². The SMILES string of the molecule is CC(=O)NC[C@H]1CN(c2ccc(C3CNCCO3)c(F)c2)C(=O)O1. The van der Waals surface area contributed by atoms with Crippen LogP contribution in [0.3, 0.4) is 0 Å².